The molecule has 3 heteroatoms. The molecule has 0 aliphatic heterocycles. The van der Waals surface area contributed by atoms with E-state index in [-0.39, 0.29) is 10.6 Å². The predicted octanol–water partition coefficient (Wildman–Crippen LogP) is 3.57. The molecular weight excluding hydrogens is 182 g/mol. The lowest BCUT2D eigenvalue weighted by molar-refractivity contribution is 0.0488. The number of halogens is 3. The molecule has 0 heterocycles. The van der Waals surface area contributed by atoms with E-state index >= 15 is 0 Å². The van der Waals surface area contributed by atoms with E-state index in [9.17, 15) is 8.78 Å². The number of alkyl halides is 2. The third-order valence-corrected chi connectivity index (χ3v) is 1.83. The first-order chi connectivity index (χ1) is 5.41. The average molecular weight is 190 g/mol. The lowest BCUT2D eigenvalue weighted by Gasteiger charge is -2.12. The van der Waals surface area contributed by atoms with Gasteiger partial charge in [-0.05, 0) is 18.6 Å². The molecule has 0 unspecified atom stereocenters. The minimum absolute atomic E-state index is 0.0648. The maximum atomic E-state index is 12.7. The number of benzene rings is 1. The summed E-state index contributed by atoms with van der Waals surface area (Å²) in [5.41, 5.74) is 0.628. The Balaban J connectivity index is 3.19. The van der Waals surface area contributed by atoms with Gasteiger partial charge in [-0.15, -0.1) is 0 Å². The molecular formula is C9H8ClF2. The molecule has 0 N–H and O–H groups in total. The highest BCUT2D eigenvalue weighted by atomic mass is 35.5. The summed E-state index contributed by atoms with van der Waals surface area (Å²) in [4.78, 5) is 0. The Hall–Kier alpha value is -0.630. The molecule has 0 aliphatic carbocycles. The van der Waals surface area contributed by atoms with Crippen molar-refractivity contribution in [3.05, 3.63) is 41.3 Å². The summed E-state index contributed by atoms with van der Waals surface area (Å²) in [5.74, 6) is -3.11. The Bertz CT molecular complexity index is 289. The van der Waals surface area contributed by atoms with E-state index in [0.29, 0.717) is 0 Å². The van der Waals surface area contributed by atoms with Crippen LogP contribution in [-0.2, 0) is 5.92 Å². The minimum Gasteiger partial charge on any atom is -0.201 e. The van der Waals surface area contributed by atoms with Gasteiger partial charge in [-0.1, -0.05) is 23.7 Å². The zero-order chi connectivity index (χ0) is 9.35. The summed E-state index contributed by atoms with van der Waals surface area (Å²) in [6.07, 6.45) is 0. The van der Waals surface area contributed by atoms with Crippen LogP contribution in [0.2, 0.25) is 5.02 Å². The van der Waals surface area contributed by atoms with E-state index < -0.39 is 5.92 Å². The zero-order valence-electron chi connectivity index (χ0n) is 6.57. The summed E-state index contributed by atoms with van der Waals surface area (Å²) in [5, 5.41) is 0.0648. The van der Waals surface area contributed by atoms with Crippen molar-refractivity contribution in [3.63, 3.8) is 0 Å². The normalized spacial score (nSPS) is 11.8. The number of aryl methyl sites for hydroxylation is 1. The molecule has 1 rings (SSSR count). The molecule has 0 fully saturated rings. The number of hydrogen-bond donors (Lipinski definition) is 0. The van der Waals surface area contributed by atoms with Crippen LogP contribution in [0.5, 0.6) is 0 Å². The van der Waals surface area contributed by atoms with Gasteiger partial charge in [-0.3, -0.25) is 0 Å². The van der Waals surface area contributed by atoms with E-state index in [0.717, 1.165) is 5.56 Å². The molecule has 0 bridgehead atoms. The van der Waals surface area contributed by atoms with E-state index in [1.807, 2.05) is 0 Å². The maximum Gasteiger partial charge on any atom is 0.274 e. The van der Waals surface area contributed by atoms with Crippen molar-refractivity contribution in [2.45, 2.75) is 12.8 Å². The fraction of sp³-hybridized carbons (Fsp3) is 0.222. The van der Waals surface area contributed by atoms with Crippen molar-refractivity contribution in [2.75, 3.05) is 0 Å². The molecule has 0 atom stereocenters. The summed E-state index contributed by atoms with van der Waals surface area (Å²) < 4.78 is 25.3. The third kappa shape index (κ3) is 1.95. The maximum absolute atomic E-state index is 12.7. The molecule has 1 aromatic carbocycles. The van der Waals surface area contributed by atoms with E-state index in [1.165, 1.54) is 12.1 Å². The van der Waals surface area contributed by atoms with Gasteiger partial charge in [0.1, 0.15) is 0 Å². The van der Waals surface area contributed by atoms with Crippen LogP contribution in [0.25, 0.3) is 0 Å². The second-order valence-corrected chi connectivity index (χ2v) is 3.09. The Kier molecular flexibility index (Phi) is 2.38. The van der Waals surface area contributed by atoms with E-state index in [1.54, 1.807) is 13.0 Å². The first kappa shape index (κ1) is 9.46. The van der Waals surface area contributed by atoms with Crippen LogP contribution >= 0.6 is 11.6 Å². The third-order valence-electron chi connectivity index (χ3n) is 1.52. The van der Waals surface area contributed by atoms with Crippen molar-refractivity contribution in [1.29, 1.82) is 0 Å². The Labute approximate surface area is 75.2 Å². The van der Waals surface area contributed by atoms with Crippen molar-refractivity contribution in [3.8, 4) is 0 Å². The highest BCUT2D eigenvalue weighted by molar-refractivity contribution is 6.31. The van der Waals surface area contributed by atoms with Gasteiger partial charge in [-0.2, -0.15) is 0 Å². The molecule has 0 saturated carbocycles. The summed E-state index contributed by atoms with van der Waals surface area (Å²) >= 11 is 5.59. The smallest absolute Gasteiger partial charge is 0.201 e. The molecule has 0 saturated heterocycles. The van der Waals surface area contributed by atoms with Crippen LogP contribution in [0.1, 0.15) is 11.1 Å². The predicted molar refractivity (Wildman–Crippen MR) is 45.4 cm³/mol. The molecule has 0 nitrogen and oxygen atoms in total. The summed E-state index contributed by atoms with van der Waals surface area (Å²) in [6.45, 7) is 4.50. The average Bonchev–Trinajstić information content (AvgIpc) is 1.83. The van der Waals surface area contributed by atoms with Gasteiger partial charge in [0, 0.05) is 12.5 Å². The van der Waals surface area contributed by atoms with E-state index in [2.05, 4.69) is 6.92 Å². The SMILES string of the molecule is [CH2]C(F)(F)c1ccc(C)cc1Cl. The highest BCUT2D eigenvalue weighted by Crippen LogP contribution is 2.32. The standard InChI is InChI=1S/C9H8ClF2/c1-6-3-4-7(8(10)5-6)9(2,11)12/h3-5H,2H2,1H3. The largest absolute Gasteiger partial charge is 0.274 e. The first-order valence-corrected chi connectivity index (χ1v) is 3.79. The van der Waals surface area contributed by atoms with Crippen LogP contribution in [-0.4, -0.2) is 0 Å². The van der Waals surface area contributed by atoms with Crippen LogP contribution in [0, 0.1) is 13.8 Å². The molecule has 65 valence electrons. The monoisotopic (exact) mass is 189 g/mol. The van der Waals surface area contributed by atoms with Gasteiger partial charge in [0.2, 0.25) is 0 Å². The van der Waals surface area contributed by atoms with Gasteiger partial charge < -0.3 is 0 Å². The van der Waals surface area contributed by atoms with Gasteiger partial charge in [0.25, 0.3) is 5.92 Å². The van der Waals surface area contributed by atoms with Crippen molar-refractivity contribution < 1.29 is 8.78 Å². The van der Waals surface area contributed by atoms with Crippen molar-refractivity contribution in [2.24, 2.45) is 0 Å². The fourth-order valence-electron chi connectivity index (χ4n) is 0.917. The molecule has 0 aliphatic rings. The van der Waals surface area contributed by atoms with Crippen LogP contribution in [0.4, 0.5) is 8.78 Å². The van der Waals surface area contributed by atoms with Gasteiger partial charge in [-0.25, -0.2) is 8.78 Å². The highest BCUT2D eigenvalue weighted by Gasteiger charge is 2.26. The molecule has 1 aromatic rings. The van der Waals surface area contributed by atoms with Crippen LogP contribution in [0.3, 0.4) is 0 Å². The van der Waals surface area contributed by atoms with Gasteiger partial charge in [0.15, 0.2) is 0 Å². The zero-order valence-corrected chi connectivity index (χ0v) is 7.33. The number of hydrogen-bond acceptors (Lipinski definition) is 0. The molecule has 1 radical (unpaired) electrons. The number of rotatable bonds is 1. The molecule has 12 heavy (non-hydrogen) atoms. The van der Waals surface area contributed by atoms with Crippen molar-refractivity contribution in [1.82, 2.24) is 0 Å². The molecule has 0 amide bonds. The lowest BCUT2D eigenvalue weighted by Crippen LogP contribution is -2.08. The Morgan fingerprint density at radius 2 is 2.00 bits per heavy atom. The first-order valence-electron chi connectivity index (χ1n) is 3.41. The van der Waals surface area contributed by atoms with E-state index in [4.69, 9.17) is 11.6 Å². The van der Waals surface area contributed by atoms with Crippen molar-refractivity contribution >= 4 is 11.6 Å². The van der Waals surface area contributed by atoms with Gasteiger partial charge >= 0.3 is 0 Å². The summed E-state index contributed by atoms with van der Waals surface area (Å²) in [6, 6.07) is 4.38. The Morgan fingerprint density at radius 1 is 1.42 bits per heavy atom. The topological polar surface area (TPSA) is 0 Å². The summed E-state index contributed by atoms with van der Waals surface area (Å²) in [7, 11) is 0. The van der Waals surface area contributed by atoms with Crippen LogP contribution < -0.4 is 0 Å². The Morgan fingerprint density at radius 3 is 2.42 bits per heavy atom. The molecule has 0 spiro atoms. The van der Waals surface area contributed by atoms with Gasteiger partial charge in [0.05, 0.1) is 5.02 Å². The lowest BCUT2D eigenvalue weighted by atomic mass is 10.1. The second kappa shape index (κ2) is 3.02. The molecule has 0 aromatic heterocycles. The quantitative estimate of drug-likeness (QED) is 0.634. The fourth-order valence-corrected chi connectivity index (χ4v) is 1.29. The minimum atomic E-state index is -3.11. The second-order valence-electron chi connectivity index (χ2n) is 2.69. The van der Waals surface area contributed by atoms with Crippen LogP contribution in [0.15, 0.2) is 18.2 Å².